The average Bonchev–Trinajstić information content (AvgIpc) is 3.54. The van der Waals surface area contributed by atoms with Crippen LogP contribution in [0.2, 0.25) is 0 Å². The number of nitrogens with one attached hydrogen (secondary N) is 1. The number of aromatic nitrogens is 5. The number of amides is 1. The zero-order valence-electron chi connectivity index (χ0n) is 18.4. The van der Waals surface area contributed by atoms with Gasteiger partial charge in [0, 0.05) is 34.3 Å². The quantitative estimate of drug-likeness (QED) is 0.366. The highest BCUT2D eigenvalue weighted by Crippen LogP contribution is 2.28. The molecule has 33 heavy (non-hydrogen) atoms. The smallest absolute Gasteiger partial charge is 0.230 e. The van der Waals surface area contributed by atoms with Crippen LogP contribution in [0, 0.1) is 0 Å². The van der Waals surface area contributed by atoms with Gasteiger partial charge in [0.2, 0.25) is 11.0 Å². The fourth-order valence-corrected chi connectivity index (χ4v) is 4.87. The molecule has 0 saturated carbocycles. The van der Waals surface area contributed by atoms with Gasteiger partial charge >= 0.3 is 0 Å². The molecule has 0 fully saturated rings. The average molecular weight is 475 g/mol. The van der Waals surface area contributed by atoms with Gasteiger partial charge in [-0.3, -0.25) is 9.20 Å². The van der Waals surface area contributed by atoms with Crippen molar-refractivity contribution in [1.29, 1.82) is 0 Å². The van der Waals surface area contributed by atoms with Crippen LogP contribution >= 0.6 is 22.7 Å². The summed E-state index contributed by atoms with van der Waals surface area (Å²) in [6, 6.07) is 12.1. The number of imidazole rings is 1. The third kappa shape index (κ3) is 4.55. The lowest BCUT2D eigenvalue weighted by Crippen LogP contribution is -2.14. The second kappa shape index (κ2) is 8.49. The number of hydrogen-bond donors (Lipinski definition) is 1. The lowest BCUT2D eigenvalue weighted by atomic mass is 9.98. The maximum Gasteiger partial charge on any atom is 0.230 e. The Balaban J connectivity index is 1.29. The molecule has 166 valence electrons. The minimum absolute atomic E-state index is 0.0866. The van der Waals surface area contributed by atoms with Crippen LogP contribution in [0.4, 0.5) is 5.13 Å². The molecule has 0 aliphatic carbocycles. The number of pyridine rings is 1. The van der Waals surface area contributed by atoms with Gasteiger partial charge in [-0.15, -0.1) is 21.5 Å². The van der Waals surface area contributed by atoms with E-state index in [1.54, 1.807) is 17.5 Å². The molecule has 0 bridgehead atoms. The zero-order chi connectivity index (χ0) is 23.0. The maximum absolute atomic E-state index is 12.5. The molecule has 7 nitrogen and oxygen atoms in total. The van der Waals surface area contributed by atoms with Crippen molar-refractivity contribution in [2.75, 3.05) is 5.32 Å². The number of fused-ring (bicyclic) bond motifs is 1. The predicted octanol–water partition coefficient (Wildman–Crippen LogP) is 5.46. The van der Waals surface area contributed by atoms with Crippen LogP contribution in [-0.4, -0.2) is 30.5 Å². The summed E-state index contributed by atoms with van der Waals surface area (Å²) in [5.74, 6) is -0.108. The van der Waals surface area contributed by atoms with Crippen LogP contribution in [-0.2, 0) is 16.6 Å². The van der Waals surface area contributed by atoms with Gasteiger partial charge < -0.3 is 5.32 Å². The molecular formula is C24H22N6OS2. The van der Waals surface area contributed by atoms with Gasteiger partial charge in [-0.2, -0.15) is 0 Å². The number of carbonyl (C=O) groups is 1. The van der Waals surface area contributed by atoms with Crippen molar-refractivity contribution in [2.45, 2.75) is 32.6 Å². The molecule has 1 N–H and O–H groups in total. The lowest BCUT2D eigenvalue weighted by Gasteiger charge is -2.12. The van der Waals surface area contributed by atoms with Gasteiger partial charge in [-0.1, -0.05) is 56.4 Å². The Kier molecular flexibility index (Phi) is 5.51. The molecule has 1 aromatic carbocycles. The molecule has 0 spiro atoms. The van der Waals surface area contributed by atoms with Crippen molar-refractivity contribution in [1.82, 2.24) is 24.6 Å². The Labute approximate surface area is 199 Å². The van der Waals surface area contributed by atoms with Gasteiger partial charge in [0.05, 0.1) is 18.3 Å². The Hall–Kier alpha value is -3.43. The number of anilines is 1. The van der Waals surface area contributed by atoms with E-state index in [-0.39, 0.29) is 17.7 Å². The summed E-state index contributed by atoms with van der Waals surface area (Å²) in [5, 5.41) is 15.5. The molecular weight excluding hydrogens is 452 g/mol. The van der Waals surface area contributed by atoms with Gasteiger partial charge in [-0.25, -0.2) is 9.97 Å². The first-order valence-electron chi connectivity index (χ1n) is 10.5. The summed E-state index contributed by atoms with van der Waals surface area (Å²) in [7, 11) is 0. The summed E-state index contributed by atoms with van der Waals surface area (Å²) < 4.78 is 2.06. The first-order chi connectivity index (χ1) is 15.9. The van der Waals surface area contributed by atoms with Crippen LogP contribution in [0.5, 0.6) is 0 Å². The van der Waals surface area contributed by atoms with Crippen molar-refractivity contribution in [3.8, 4) is 21.8 Å². The Bertz CT molecular complexity index is 1410. The summed E-state index contributed by atoms with van der Waals surface area (Å²) >= 11 is 3.02. The molecule has 0 saturated heterocycles. The monoisotopic (exact) mass is 474 g/mol. The van der Waals surface area contributed by atoms with Crippen LogP contribution in [0.15, 0.2) is 60.4 Å². The molecule has 5 aromatic rings. The zero-order valence-corrected chi connectivity index (χ0v) is 20.1. The SMILES string of the molecule is CC(C)(C)c1nnc(NC(=O)Cc2ccc(-c3cnc4cc(-c5nccs5)ccn34)cc2)s1. The van der Waals surface area contributed by atoms with Crippen molar-refractivity contribution < 1.29 is 4.79 Å². The second-order valence-electron chi connectivity index (χ2n) is 8.71. The van der Waals surface area contributed by atoms with Crippen LogP contribution in [0.25, 0.3) is 27.5 Å². The van der Waals surface area contributed by atoms with E-state index in [2.05, 4.69) is 50.7 Å². The summed E-state index contributed by atoms with van der Waals surface area (Å²) in [6.07, 6.45) is 5.96. The van der Waals surface area contributed by atoms with Crippen molar-refractivity contribution in [3.63, 3.8) is 0 Å². The Morgan fingerprint density at radius 2 is 1.88 bits per heavy atom. The van der Waals surface area contributed by atoms with Crippen LogP contribution < -0.4 is 5.32 Å². The van der Waals surface area contributed by atoms with E-state index in [0.29, 0.717) is 5.13 Å². The standard InChI is InChI=1S/C24H22N6OS2/c1-24(2,3)22-28-29-23(33-22)27-20(31)12-15-4-6-16(7-5-15)18-14-26-19-13-17(8-10-30(18)19)21-25-9-11-32-21/h4-11,13-14H,12H2,1-3H3,(H,27,29,31). The largest absolute Gasteiger partial charge is 0.300 e. The number of benzene rings is 1. The lowest BCUT2D eigenvalue weighted by molar-refractivity contribution is -0.115. The van der Waals surface area contributed by atoms with Crippen molar-refractivity contribution in [2.24, 2.45) is 0 Å². The van der Waals surface area contributed by atoms with E-state index < -0.39 is 0 Å². The highest BCUT2D eigenvalue weighted by Gasteiger charge is 2.20. The third-order valence-electron chi connectivity index (χ3n) is 5.12. The molecule has 0 aliphatic heterocycles. The first-order valence-corrected chi connectivity index (χ1v) is 12.2. The minimum atomic E-state index is -0.108. The maximum atomic E-state index is 12.5. The van der Waals surface area contributed by atoms with Gasteiger partial charge in [0.15, 0.2) is 0 Å². The molecule has 4 heterocycles. The number of thiazole rings is 1. The molecule has 9 heteroatoms. The summed E-state index contributed by atoms with van der Waals surface area (Å²) in [4.78, 5) is 21.4. The van der Waals surface area contributed by atoms with E-state index in [1.165, 1.54) is 11.3 Å². The third-order valence-corrected chi connectivity index (χ3v) is 7.21. The minimum Gasteiger partial charge on any atom is -0.300 e. The molecule has 5 rings (SSSR count). The van der Waals surface area contributed by atoms with Gasteiger partial charge in [0.1, 0.15) is 15.7 Å². The number of carbonyl (C=O) groups excluding carboxylic acids is 1. The fourth-order valence-electron chi connectivity index (χ4n) is 3.41. The molecule has 4 aromatic heterocycles. The summed E-state index contributed by atoms with van der Waals surface area (Å²) in [6.45, 7) is 6.22. The van der Waals surface area contributed by atoms with Crippen LogP contribution in [0.1, 0.15) is 31.3 Å². The molecule has 1 amide bonds. The van der Waals surface area contributed by atoms with E-state index in [9.17, 15) is 4.79 Å². The molecule has 0 aliphatic rings. The predicted molar refractivity (Wildman–Crippen MR) is 133 cm³/mol. The second-order valence-corrected chi connectivity index (χ2v) is 10.6. The molecule has 0 radical (unpaired) electrons. The normalized spacial score (nSPS) is 11.7. The van der Waals surface area contributed by atoms with E-state index in [0.717, 1.165) is 38.0 Å². The van der Waals surface area contributed by atoms with Crippen molar-refractivity contribution in [3.05, 3.63) is 70.9 Å². The van der Waals surface area contributed by atoms with E-state index in [4.69, 9.17) is 0 Å². The number of nitrogens with zero attached hydrogens (tertiary/aromatic N) is 5. The number of hydrogen-bond acceptors (Lipinski definition) is 7. The highest BCUT2D eigenvalue weighted by molar-refractivity contribution is 7.15. The van der Waals surface area contributed by atoms with Gasteiger partial charge in [-0.05, 0) is 17.7 Å². The Morgan fingerprint density at radius 1 is 1.06 bits per heavy atom. The fraction of sp³-hybridized carbons (Fsp3) is 0.208. The topological polar surface area (TPSA) is 85.1 Å². The van der Waals surface area contributed by atoms with Crippen LogP contribution in [0.3, 0.4) is 0 Å². The molecule has 0 unspecified atom stereocenters. The van der Waals surface area contributed by atoms with E-state index >= 15 is 0 Å². The summed E-state index contributed by atoms with van der Waals surface area (Å²) in [5.41, 5.74) is 4.80. The highest BCUT2D eigenvalue weighted by atomic mass is 32.1. The Morgan fingerprint density at radius 3 is 2.58 bits per heavy atom. The number of rotatable bonds is 5. The first kappa shape index (κ1) is 21.4. The molecule has 0 atom stereocenters. The van der Waals surface area contributed by atoms with E-state index in [1.807, 2.05) is 54.2 Å². The van der Waals surface area contributed by atoms with Gasteiger partial charge in [0.25, 0.3) is 0 Å². The van der Waals surface area contributed by atoms with Crippen molar-refractivity contribution >= 4 is 39.4 Å².